The lowest BCUT2D eigenvalue weighted by Crippen LogP contribution is -2.34. The van der Waals surface area contributed by atoms with Crippen LogP contribution in [0.15, 0.2) is 0 Å². The Hall–Kier alpha value is -0.0800. The molecule has 0 radical (unpaired) electrons. The van der Waals surface area contributed by atoms with E-state index in [1.165, 1.54) is 51.7 Å². The third-order valence-electron chi connectivity index (χ3n) is 3.28. The van der Waals surface area contributed by atoms with Crippen LogP contribution in [0.5, 0.6) is 0 Å². The van der Waals surface area contributed by atoms with Crippen molar-refractivity contribution in [2.24, 2.45) is 5.92 Å². The summed E-state index contributed by atoms with van der Waals surface area (Å²) < 4.78 is 5.56. The Bertz CT molecular complexity index is 141. The zero-order chi connectivity index (χ0) is 10.9. The molecule has 0 aromatic heterocycles. The fraction of sp³-hybridized carbons (Fsp3) is 1.00. The number of likely N-dealkylation sites (tertiary alicyclic amines) is 1. The van der Waals surface area contributed by atoms with Crippen LogP contribution in [0.2, 0.25) is 0 Å². The summed E-state index contributed by atoms with van der Waals surface area (Å²) in [5, 5.41) is 0. The summed E-state index contributed by atoms with van der Waals surface area (Å²) in [6.07, 6.45) is 6.43. The molecule has 0 unspecified atom stereocenters. The molecule has 1 fully saturated rings. The SMILES string of the molecule is CCCCOCCCN1CCC(C)CC1. The summed E-state index contributed by atoms with van der Waals surface area (Å²) in [5.41, 5.74) is 0. The van der Waals surface area contributed by atoms with E-state index in [0.717, 1.165) is 19.1 Å². The van der Waals surface area contributed by atoms with E-state index in [4.69, 9.17) is 4.74 Å². The van der Waals surface area contributed by atoms with Crippen molar-refractivity contribution in [2.75, 3.05) is 32.8 Å². The van der Waals surface area contributed by atoms with Gasteiger partial charge in [-0.3, -0.25) is 0 Å². The summed E-state index contributed by atoms with van der Waals surface area (Å²) in [5.74, 6) is 0.946. The molecule has 0 aromatic rings. The molecular formula is C13H27NO. The minimum atomic E-state index is 0.946. The Balaban J connectivity index is 1.87. The van der Waals surface area contributed by atoms with E-state index in [1.807, 2.05) is 0 Å². The first-order valence-corrected chi connectivity index (χ1v) is 6.63. The highest BCUT2D eigenvalue weighted by molar-refractivity contribution is 4.68. The molecule has 1 rings (SSSR count). The minimum Gasteiger partial charge on any atom is -0.381 e. The predicted molar refractivity (Wildman–Crippen MR) is 65.2 cm³/mol. The molecule has 1 aliphatic rings. The zero-order valence-electron chi connectivity index (χ0n) is 10.5. The summed E-state index contributed by atoms with van der Waals surface area (Å²) >= 11 is 0. The lowest BCUT2D eigenvalue weighted by molar-refractivity contribution is 0.111. The Morgan fingerprint density at radius 3 is 2.47 bits per heavy atom. The lowest BCUT2D eigenvalue weighted by Gasteiger charge is -2.30. The average molecular weight is 213 g/mol. The molecule has 0 saturated carbocycles. The summed E-state index contributed by atoms with van der Waals surface area (Å²) in [4.78, 5) is 2.59. The zero-order valence-corrected chi connectivity index (χ0v) is 10.5. The van der Waals surface area contributed by atoms with E-state index < -0.39 is 0 Å². The largest absolute Gasteiger partial charge is 0.381 e. The van der Waals surface area contributed by atoms with Crippen molar-refractivity contribution in [3.8, 4) is 0 Å². The van der Waals surface area contributed by atoms with Crippen LogP contribution in [0, 0.1) is 5.92 Å². The van der Waals surface area contributed by atoms with Crippen molar-refractivity contribution in [1.29, 1.82) is 0 Å². The van der Waals surface area contributed by atoms with E-state index in [2.05, 4.69) is 18.7 Å². The average Bonchev–Trinajstić information content (AvgIpc) is 2.26. The van der Waals surface area contributed by atoms with Gasteiger partial charge >= 0.3 is 0 Å². The molecule has 15 heavy (non-hydrogen) atoms. The fourth-order valence-corrected chi connectivity index (χ4v) is 2.02. The van der Waals surface area contributed by atoms with Crippen molar-refractivity contribution in [2.45, 2.75) is 46.0 Å². The smallest absolute Gasteiger partial charge is 0.0478 e. The highest BCUT2D eigenvalue weighted by Gasteiger charge is 2.14. The topological polar surface area (TPSA) is 12.5 Å². The maximum atomic E-state index is 5.56. The van der Waals surface area contributed by atoms with Gasteiger partial charge in [0.1, 0.15) is 0 Å². The first-order chi connectivity index (χ1) is 7.33. The number of hydrogen-bond donors (Lipinski definition) is 0. The first-order valence-electron chi connectivity index (χ1n) is 6.63. The number of rotatable bonds is 7. The van der Waals surface area contributed by atoms with Gasteiger partial charge in [-0.2, -0.15) is 0 Å². The lowest BCUT2D eigenvalue weighted by atomic mass is 9.99. The van der Waals surface area contributed by atoms with Crippen molar-refractivity contribution >= 4 is 0 Å². The van der Waals surface area contributed by atoms with E-state index in [9.17, 15) is 0 Å². The van der Waals surface area contributed by atoms with Gasteiger partial charge < -0.3 is 9.64 Å². The molecule has 0 atom stereocenters. The van der Waals surface area contributed by atoms with E-state index >= 15 is 0 Å². The third kappa shape index (κ3) is 6.16. The van der Waals surface area contributed by atoms with Gasteiger partial charge in [0, 0.05) is 19.8 Å². The second kappa shape index (κ2) is 8.12. The normalized spacial score (nSPS) is 19.6. The second-order valence-electron chi connectivity index (χ2n) is 4.84. The summed E-state index contributed by atoms with van der Waals surface area (Å²) in [6, 6.07) is 0. The van der Waals surface area contributed by atoms with E-state index in [1.54, 1.807) is 0 Å². The quantitative estimate of drug-likeness (QED) is 0.603. The molecule has 0 N–H and O–H groups in total. The second-order valence-corrected chi connectivity index (χ2v) is 4.84. The Morgan fingerprint density at radius 2 is 1.80 bits per heavy atom. The highest BCUT2D eigenvalue weighted by atomic mass is 16.5. The summed E-state index contributed by atoms with van der Waals surface area (Å²) in [7, 11) is 0. The molecule has 2 heteroatoms. The summed E-state index contributed by atoms with van der Waals surface area (Å²) in [6.45, 7) is 10.3. The molecule has 0 aromatic carbocycles. The fourth-order valence-electron chi connectivity index (χ4n) is 2.02. The van der Waals surface area contributed by atoms with Crippen LogP contribution in [0.3, 0.4) is 0 Å². The van der Waals surface area contributed by atoms with Crippen molar-refractivity contribution in [3.63, 3.8) is 0 Å². The molecule has 0 bridgehead atoms. The molecule has 1 aliphatic heterocycles. The maximum absolute atomic E-state index is 5.56. The van der Waals surface area contributed by atoms with Gasteiger partial charge in [-0.05, 0) is 44.7 Å². The molecular weight excluding hydrogens is 186 g/mol. The van der Waals surface area contributed by atoms with Crippen molar-refractivity contribution in [1.82, 2.24) is 4.90 Å². The van der Waals surface area contributed by atoms with Crippen LogP contribution in [0.1, 0.15) is 46.0 Å². The monoisotopic (exact) mass is 213 g/mol. The van der Waals surface area contributed by atoms with Gasteiger partial charge in [-0.15, -0.1) is 0 Å². The van der Waals surface area contributed by atoms with Gasteiger partial charge in [0.05, 0.1) is 0 Å². The predicted octanol–water partition coefficient (Wildman–Crippen LogP) is 2.93. The van der Waals surface area contributed by atoms with Gasteiger partial charge in [-0.25, -0.2) is 0 Å². The highest BCUT2D eigenvalue weighted by Crippen LogP contribution is 2.15. The van der Waals surface area contributed by atoms with Crippen LogP contribution < -0.4 is 0 Å². The van der Waals surface area contributed by atoms with Gasteiger partial charge in [-0.1, -0.05) is 20.3 Å². The van der Waals surface area contributed by atoms with E-state index in [-0.39, 0.29) is 0 Å². The number of unbranched alkanes of at least 4 members (excludes halogenated alkanes) is 1. The van der Waals surface area contributed by atoms with Crippen LogP contribution >= 0.6 is 0 Å². The standard InChI is InChI=1S/C13H27NO/c1-3-4-11-15-12-5-8-14-9-6-13(2)7-10-14/h13H,3-12H2,1-2H3. The third-order valence-corrected chi connectivity index (χ3v) is 3.28. The maximum Gasteiger partial charge on any atom is 0.0478 e. The Labute approximate surface area is 95.0 Å². The Morgan fingerprint density at radius 1 is 1.13 bits per heavy atom. The van der Waals surface area contributed by atoms with Gasteiger partial charge in [0.2, 0.25) is 0 Å². The molecule has 1 heterocycles. The number of nitrogens with zero attached hydrogens (tertiary/aromatic N) is 1. The number of hydrogen-bond acceptors (Lipinski definition) is 2. The van der Waals surface area contributed by atoms with Gasteiger partial charge in [0.15, 0.2) is 0 Å². The molecule has 90 valence electrons. The number of ether oxygens (including phenoxy) is 1. The molecule has 0 amide bonds. The van der Waals surface area contributed by atoms with E-state index in [0.29, 0.717) is 0 Å². The Kier molecular flexibility index (Phi) is 7.03. The first kappa shape index (κ1) is 13.0. The van der Waals surface area contributed by atoms with Gasteiger partial charge in [0.25, 0.3) is 0 Å². The van der Waals surface area contributed by atoms with Crippen molar-refractivity contribution in [3.05, 3.63) is 0 Å². The van der Waals surface area contributed by atoms with Crippen LogP contribution in [-0.4, -0.2) is 37.7 Å². The van der Waals surface area contributed by atoms with Crippen LogP contribution in [0.4, 0.5) is 0 Å². The molecule has 0 aliphatic carbocycles. The minimum absolute atomic E-state index is 0.946. The molecule has 0 spiro atoms. The van der Waals surface area contributed by atoms with Crippen LogP contribution in [0.25, 0.3) is 0 Å². The molecule has 1 saturated heterocycles. The molecule has 2 nitrogen and oxygen atoms in total. The van der Waals surface area contributed by atoms with Crippen LogP contribution in [-0.2, 0) is 4.74 Å². The van der Waals surface area contributed by atoms with Crippen molar-refractivity contribution < 1.29 is 4.74 Å². The number of piperidine rings is 1.